The van der Waals surface area contributed by atoms with Gasteiger partial charge in [0.25, 0.3) is 0 Å². The van der Waals surface area contributed by atoms with E-state index in [9.17, 15) is 0 Å². The van der Waals surface area contributed by atoms with E-state index in [1.54, 1.807) is 0 Å². The Bertz CT molecular complexity index is 61.9. The fraction of sp³-hybridized carbons (Fsp3) is 1.00. The minimum absolute atomic E-state index is 0.563. The van der Waals surface area contributed by atoms with Gasteiger partial charge in [0.15, 0.2) is 6.29 Å². The first-order valence-corrected chi connectivity index (χ1v) is 3.37. The molecule has 0 aliphatic rings. The smallest absolute Gasteiger partial charge is 0.154 e. The summed E-state index contributed by atoms with van der Waals surface area (Å²) < 4.78 is 4.66. The molecule has 1 atom stereocenters. The maximum atomic E-state index is 8.88. The van der Waals surface area contributed by atoms with E-state index >= 15 is 0 Å². The van der Waals surface area contributed by atoms with Gasteiger partial charge < -0.3 is 9.84 Å². The van der Waals surface area contributed by atoms with E-state index in [2.05, 4.69) is 18.6 Å². The van der Waals surface area contributed by atoms with Crippen LogP contribution in [0, 0.1) is 5.92 Å². The average molecular weight is 132 g/mol. The summed E-state index contributed by atoms with van der Waals surface area (Å²) in [6.45, 7) is 4.25. The average Bonchev–Trinajstić information content (AvgIpc) is 1.83. The number of hydrogen-bond donors (Lipinski definition) is 1. The summed E-state index contributed by atoms with van der Waals surface area (Å²) in [6.07, 6.45) is 1.20. The molecule has 0 amide bonds. The zero-order chi connectivity index (χ0) is 7.28. The van der Waals surface area contributed by atoms with Crippen molar-refractivity contribution in [2.24, 2.45) is 5.92 Å². The van der Waals surface area contributed by atoms with Gasteiger partial charge in [-0.05, 0) is 18.8 Å². The van der Waals surface area contributed by atoms with Crippen LogP contribution in [0.1, 0.15) is 26.7 Å². The summed E-state index contributed by atoms with van der Waals surface area (Å²) in [5.74, 6) is 0.648. The molecule has 0 spiro atoms. The zero-order valence-electron chi connectivity index (χ0n) is 6.42. The number of hydrogen-bond acceptors (Lipinski definition) is 2. The molecule has 0 fully saturated rings. The Hall–Kier alpha value is -0.0800. The third-order valence-corrected chi connectivity index (χ3v) is 1.26. The molecule has 0 aromatic carbocycles. The van der Waals surface area contributed by atoms with Crippen molar-refractivity contribution >= 4 is 0 Å². The van der Waals surface area contributed by atoms with Crippen LogP contribution >= 0.6 is 0 Å². The fourth-order valence-corrected chi connectivity index (χ4v) is 0.594. The minimum Gasteiger partial charge on any atom is -0.368 e. The van der Waals surface area contributed by atoms with E-state index in [1.807, 2.05) is 0 Å². The van der Waals surface area contributed by atoms with Gasteiger partial charge >= 0.3 is 0 Å². The van der Waals surface area contributed by atoms with Crippen molar-refractivity contribution in [1.82, 2.24) is 0 Å². The van der Waals surface area contributed by atoms with Gasteiger partial charge in [-0.2, -0.15) is 0 Å². The number of ether oxygens (including phenoxy) is 1. The Kier molecular flexibility index (Phi) is 4.72. The second kappa shape index (κ2) is 4.77. The highest BCUT2D eigenvalue weighted by Crippen LogP contribution is 2.06. The highest BCUT2D eigenvalue weighted by Gasteiger charge is 2.01. The molecule has 0 heterocycles. The first-order valence-electron chi connectivity index (χ1n) is 3.37. The summed E-state index contributed by atoms with van der Waals surface area (Å²) in [7, 11) is 1.52. The lowest BCUT2D eigenvalue weighted by atomic mass is 10.1. The molecule has 2 nitrogen and oxygen atoms in total. The second-order valence-electron chi connectivity index (χ2n) is 2.66. The molecular formula is C7H16O2. The summed E-state index contributed by atoms with van der Waals surface area (Å²) >= 11 is 0. The van der Waals surface area contributed by atoms with Crippen LogP contribution in [0.2, 0.25) is 0 Å². The van der Waals surface area contributed by atoms with Crippen LogP contribution < -0.4 is 0 Å². The minimum atomic E-state index is -0.563. The van der Waals surface area contributed by atoms with Crippen molar-refractivity contribution in [3.8, 4) is 0 Å². The molecule has 0 aliphatic heterocycles. The van der Waals surface area contributed by atoms with Gasteiger partial charge in [0.1, 0.15) is 0 Å². The Morgan fingerprint density at radius 3 is 2.22 bits per heavy atom. The van der Waals surface area contributed by atoms with Crippen molar-refractivity contribution in [3.63, 3.8) is 0 Å². The number of aliphatic hydroxyl groups is 1. The molecule has 1 unspecified atom stereocenters. The normalized spacial score (nSPS) is 14.3. The van der Waals surface area contributed by atoms with E-state index in [0.29, 0.717) is 5.92 Å². The van der Waals surface area contributed by atoms with E-state index in [1.165, 1.54) is 7.11 Å². The zero-order valence-corrected chi connectivity index (χ0v) is 6.42. The van der Waals surface area contributed by atoms with Gasteiger partial charge in [-0.15, -0.1) is 0 Å². The van der Waals surface area contributed by atoms with Gasteiger partial charge in [-0.25, -0.2) is 0 Å². The van der Waals surface area contributed by atoms with Gasteiger partial charge in [0.2, 0.25) is 0 Å². The molecule has 0 bridgehead atoms. The molecule has 0 saturated carbocycles. The first kappa shape index (κ1) is 8.92. The van der Waals surface area contributed by atoms with Crippen LogP contribution in [0.15, 0.2) is 0 Å². The standard InChI is InChI=1S/C7H16O2/c1-6(2)4-5-7(8)9-3/h6-8H,4-5H2,1-3H3. The molecule has 0 aromatic rings. The Morgan fingerprint density at radius 2 is 1.89 bits per heavy atom. The molecule has 0 radical (unpaired) electrons. The van der Waals surface area contributed by atoms with Crippen molar-refractivity contribution < 1.29 is 9.84 Å². The lowest BCUT2D eigenvalue weighted by Gasteiger charge is -2.08. The highest BCUT2D eigenvalue weighted by molar-refractivity contribution is 4.46. The van der Waals surface area contributed by atoms with Gasteiger partial charge in [-0.1, -0.05) is 13.8 Å². The van der Waals surface area contributed by atoms with Gasteiger partial charge in [0.05, 0.1) is 0 Å². The molecule has 9 heavy (non-hydrogen) atoms. The molecule has 1 N–H and O–H groups in total. The molecule has 0 rings (SSSR count). The highest BCUT2D eigenvalue weighted by atomic mass is 16.6. The fourth-order valence-electron chi connectivity index (χ4n) is 0.594. The van der Waals surface area contributed by atoms with E-state index < -0.39 is 6.29 Å². The van der Waals surface area contributed by atoms with Gasteiger partial charge in [-0.3, -0.25) is 0 Å². The molecule has 0 saturated heterocycles. The van der Waals surface area contributed by atoms with E-state index in [-0.39, 0.29) is 0 Å². The largest absolute Gasteiger partial charge is 0.368 e. The predicted molar refractivity (Wildman–Crippen MR) is 37.1 cm³/mol. The van der Waals surface area contributed by atoms with Crippen LogP contribution in [0.4, 0.5) is 0 Å². The Labute approximate surface area is 56.8 Å². The van der Waals surface area contributed by atoms with Crippen LogP contribution in [-0.2, 0) is 4.74 Å². The van der Waals surface area contributed by atoms with Crippen molar-refractivity contribution in [2.45, 2.75) is 33.0 Å². The number of methoxy groups -OCH3 is 1. The summed E-state index contributed by atoms with van der Waals surface area (Å²) in [5, 5.41) is 8.88. The summed E-state index contributed by atoms with van der Waals surface area (Å²) in [5.41, 5.74) is 0. The van der Waals surface area contributed by atoms with E-state index in [4.69, 9.17) is 5.11 Å². The summed E-state index contributed by atoms with van der Waals surface area (Å²) in [6, 6.07) is 0. The quantitative estimate of drug-likeness (QED) is 0.586. The maximum Gasteiger partial charge on any atom is 0.154 e. The molecule has 56 valence electrons. The van der Waals surface area contributed by atoms with Crippen LogP contribution in [-0.4, -0.2) is 18.5 Å². The SMILES string of the molecule is COC(O)CCC(C)C. The topological polar surface area (TPSA) is 29.5 Å². The molecule has 2 heteroatoms. The first-order chi connectivity index (χ1) is 4.16. The monoisotopic (exact) mass is 132 g/mol. The third-order valence-electron chi connectivity index (χ3n) is 1.26. The van der Waals surface area contributed by atoms with Crippen molar-refractivity contribution in [1.29, 1.82) is 0 Å². The van der Waals surface area contributed by atoms with Crippen molar-refractivity contribution in [2.75, 3.05) is 7.11 Å². The van der Waals surface area contributed by atoms with Crippen molar-refractivity contribution in [3.05, 3.63) is 0 Å². The lowest BCUT2D eigenvalue weighted by Crippen LogP contribution is -2.09. The number of aliphatic hydroxyl groups excluding tert-OH is 1. The number of rotatable bonds is 4. The molecule has 0 aromatic heterocycles. The van der Waals surface area contributed by atoms with Crippen LogP contribution in [0.3, 0.4) is 0 Å². The maximum absolute atomic E-state index is 8.88. The predicted octanol–water partition coefficient (Wildman–Crippen LogP) is 1.39. The molecular weight excluding hydrogens is 116 g/mol. The lowest BCUT2D eigenvalue weighted by molar-refractivity contribution is -0.0806. The third kappa shape index (κ3) is 5.80. The van der Waals surface area contributed by atoms with Gasteiger partial charge in [0, 0.05) is 7.11 Å². The Morgan fingerprint density at radius 1 is 1.33 bits per heavy atom. The van der Waals surface area contributed by atoms with E-state index in [0.717, 1.165) is 12.8 Å². The van der Waals surface area contributed by atoms with Crippen LogP contribution in [0.5, 0.6) is 0 Å². The molecule has 0 aliphatic carbocycles. The van der Waals surface area contributed by atoms with Crippen LogP contribution in [0.25, 0.3) is 0 Å². The summed E-state index contributed by atoms with van der Waals surface area (Å²) in [4.78, 5) is 0. The second-order valence-corrected chi connectivity index (χ2v) is 2.66. The Balaban J connectivity index is 3.06.